The van der Waals surface area contributed by atoms with Crippen molar-refractivity contribution in [3.63, 3.8) is 0 Å². The maximum atomic E-state index is 2.49. The van der Waals surface area contributed by atoms with Crippen LogP contribution in [0.1, 0.15) is 90.9 Å². The van der Waals surface area contributed by atoms with Gasteiger partial charge in [0, 0.05) is 10.5 Å². The topological polar surface area (TPSA) is 0 Å². The molecule has 0 aromatic heterocycles. The molecule has 2 aliphatic heterocycles. The molecule has 4 heteroatoms. The Morgan fingerprint density at radius 1 is 0.607 bits per heavy atom. The summed E-state index contributed by atoms with van der Waals surface area (Å²) in [6.45, 7) is 4.61. The van der Waals surface area contributed by atoms with Crippen molar-refractivity contribution in [2.45, 2.75) is 113 Å². The average molecular weight is 451 g/mol. The third kappa shape index (κ3) is 9.44. The van der Waals surface area contributed by atoms with Gasteiger partial charge in [0.1, 0.15) is 0 Å². The van der Waals surface area contributed by atoms with Gasteiger partial charge in [-0.15, -0.1) is 23.5 Å². The van der Waals surface area contributed by atoms with Crippen LogP contribution in [0.25, 0.3) is 0 Å². The molecule has 0 nitrogen and oxygen atoms in total. The first-order valence-corrected chi connectivity index (χ1v) is 16.6. The zero-order valence-electron chi connectivity index (χ0n) is 18.3. The molecule has 2 atom stereocenters. The lowest BCUT2D eigenvalue weighted by Gasteiger charge is -2.21. The summed E-state index contributed by atoms with van der Waals surface area (Å²) in [6.07, 6.45) is 22.2. The van der Waals surface area contributed by atoms with Crippen molar-refractivity contribution < 1.29 is 0 Å². The predicted octanol–water partition coefficient (Wildman–Crippen LogP) is 7.02. The second-order valence-corrected chi connectivity index (χ2v) is 13.6. The van der Waals surface area contributed by atoms with E-state index in [4.69, 9.17) is 0 Å². The van der Waals surface area contributed by atoms with Crippen molar-refractivity contribution in [2.24, 2.45) is 0 Å². The van der Waals surface area contributed by atoms with E-state index in [0.29, 0.717) is 18.3 Å². The standard InChI is InChI=1S/C24H42S2Si2/c1-3-5-7-9-11-13-19-27-21-15-17-25-23(21)24-22(16-18-26-24)28-20-14-12-10-8-6-4-2/h15-18,23-24,27-28H,3-14,19-20H2,1-2H3. The van der Waals surface area contributed by atoms with E-state index in [1.54, 1.807) is 0 Å². The van der Waals surface area contributed by atoms with Crippen LogP contribution >= 0.6 is 23.5 Å². The van der Waals surface area contributed by atoms with Gasteiger partial charge in [-0.25, -0.2) is 0 Å². The minimum Gasteiger partial charge on any atom is -0.125 e. The minimum atomic E-state index is 0.517. The molecule has 158 valence electrons. The highest BCUT2D eigenvalue weighted by Gasteiger charge is 2.30. The van der Waals surface area contributed by atoms with Gasteiger partial charge in [-0.3, -0.25) is 0 Å². The number of hydrogen-bond acceptors (Lipinski definition) is 2. The molecule has 2 aliphatic rings. The molecular weight excluding hydrogens is 409 g/mol. The predicted molar refractivity (Wildman–Crippen MR) is 142 cm³/mol. The maximum absolute atomic E-state index is 2.49. The van der Waals surface area contributed by atoms with E-state index in [9.17, 15) is 0 Å². The molecule has 0 saturated carbocycles. The van der Waals surface area contributed by atoms with Crippen LogP contribution in [0, 0.1) is 0 Å². The first-order chi connectivity index (χ1) is 13.9. The number of rotatable bonds is 15. The van der Waals surface area contributed by atoms with Gasteiger partial charge >= 0.3 is 0 Å². The molecule has 2 unspecified atom stereocenters. The highest BCUT2D eigenvalue weighted by molar-refractivity contribution is 8.08. The lowest BCUT2D eigenvalue weighted by molar-refractivity contribution is 0.624. The van der Waals surface area contributed by atoms with Crippen molar-refractivity contribution in [3.05, 3.63) is 23.0 Å². The highest BCUT2D eigenvalue weighted by atomic mass is 32.2. The first-order valence-electron chi connectivity index (χ1n) is 11.9. The summed E-state index contributed by atoms with van der Waals surface area (Å²) >= 11 is 4.23. The Bertz CT molecular complexity index is 489. The lowest BCUT2D eigenvalue weighted by atomic mass is 10.1. The Hall–Kier alpha value is 0.354. The zero-order valence-corrected chi connectivity index (χ0v) is 22.3. The molecule has 0 amide bonds. The van der Waals surface area contributed by atoms with Gasteiger partial charge in [-0.05, 0) is 41.2 Å². The summed E-state index contributed by atoms with van der Waals surface area (Å²) < 4.78 is 0. The van der Waals surface area contributed by atoms with Crippen LogP contribution in [0.5, 0.6) is 0 Å². The third-order valence-electron chi connectivity index (χ3n) is 5.78. The van der Waals surface area contributed by atoms with E-state index in [-0.39, 0.29) is 0 Å². The SMILES string of the molecule is CCCCCCCC[SiH]=C1C=CSC1C1SC=CC1=[SiH]CCCCCCCC. The number of thioether (sulfide) groups is 2. The van der Waals surface area contributed by atoms with Crippen molar-refractivity contribution >= 4 is 52.1 Å². The first kappa shape index (κ1) is 24.6. The van der Waals surface area contributed by atoms with E-state index in [1.165, 1.54) is 89.1 Å². The summed E-state index contributed by atoms with van der Waals surface area (Å²) in [7, 11) is 1.03. The summed E-state index contributed by atoms with van der Waals surface area (Å²) in [5, 5.41) is 9.96. The maximum Gasteiger partial charge on any atom is 0.0451 e. The van der Waals surface area contributed by atoms with Gasteiger partial charge in [0.25, 0.3) is 0 Å². The van der Waals surface area contributed by atoms with Crippen molar-refractivity contribution in [2.75, 3.05) is 0 Å². The van der Waals surface area contributed by atoms with Crippen molar-refractivity contribution in [1.29, 1.82) is 0 Å². The fraction of sp³-hybridized carbons (Fsp3) is 0.750. The number of unbranched alkanes of at least 4 members (excludes halogenated alkanes) is 10. The molecular formula is C24H42S2Si2. The third-order valence-corrected chi connectivity index (χ3v) is 12.1. The van der Waals surface area contributed by atoms with E-state index in [0.717, 1.165) is 10.5 Å². The van der Waals surface area contributed by atoms with Crippen LogP contribution in [-0.4, -0.2) is 39.1 Å². The Kier molecular flexibility index (Phi) is 14.2. The molecule has 0 aromatic rings. The molecule has 0 radical (unpaired) electrons. The molecule has 0 spiro atoms. The second-order valence-electron chi connectivity index (χ2n) is 8.24. The fourth-order valence-electron chi connectivity index (χ4n) is 4.00. The fourth-order valence-corrected chi connectivity index (χ4v) is 10.8. The van der Waals surface area contributed by atoms with Gasteiger partial charge in [0.2, 0.25) is 0 Å². The number of allylic oxidation sites excluding steroid dienone is 2. The van der Waals surface area contributed by atoms with Crippen LogP contribution < -0.4 is 0 Å². The smallest absolute Gasteiger partial charge is 0.0451 e. The summed E-state index contributed by atoms with van der Waals surface area (Å²) in [6, 6.07) is 2.96. The van der Waals surface area contributed by atoms with Crippen LogP contribution in [0.4, 0.5) is 0 Å². The Morgan fingerprint density at radius 2 is 1.00 bits per heavy atom. The van der Waals surface area contributed by atoms with Crippen molar-refractivity contribution in [1.82, 2.24) is 0 Å². The van der Waals surface area contributed by atoms with Crippen LogP contribution in [-0.2, 0) is 0 Å². The van der Waals surface area contributed by atoms with E-state index in [1.807, 2.05) is 10.3 Å². The van der Waals surface area contributed by atoms with Gasteiger partial charge in [0.15, 0.2) is 0 Å². The molecule has 28 heavy (non-hydrogen) atoms. The summed E-state index contributed by atoms with van der Waals surface area (Å²) in [5.41, 5.74) is 0. The lowest BCUT2D eigenvalue weighted by Crippen LogP contribution is -2.32. The van der Waals surface area contributed by atoms with E-state index >= 15 is 0 Å². The van der Waals surface area contributed by atoms with Gasteiger partial charge in [-0.2, -0.15) is 0 Å². The number of hydrogen-bond donors (Lipinski definition) is 0. The molecule has 2 rings (SSSR count). The summed E-state index contributed by atoms with van der Waals surface area (Å²) in [5.74, 6) is 0. The van der Waals surface area contributed by atoms with Crippen molar-refractivity contribution in [3.8, 4) is 0 Å². The average Bonchev–Trinajstić information content (AvgIpc) is 3.35. The van der Waals surface area contributed by atoms with Crippen LogP contribution in [0.2, 0.25) is 12.1 Å². The largest absolute Gasteiger partial charge is 0.125 e. The highest BCUT2D eigenvalue weighted by Crippen LogP contribution is 2.35. The molecule has 2 heterocycles. The summed E-state index contributed by atoms with van der Waals surface area (Å²) in [4.78, 5) is 0. The van der Waals surface area contributed by atoms with E-state index < -0.39 is 0 Å². The quantitative estimate of drug-likeness (QED) is 0.194. The Balaban J connectivity index is 1.72. The van der Waals surface area contributed by atoms with E-state index in [2.05, 4.69) is 60.3 Å². The Labute approximate surface area is 188 Å². The molecule has 0 bridgehead atoms. The second kappa shape index (κ2) is 16.1. The molecule has 0 saturated heterocycles. The normalized spacial score (nSPS) is 24.2. The zero-order chi connectivity index (χ0) is 19.9. The monoisotopic (exact) mass is 450 g/mol. The molecule has 0 N–H and O–H groups in total. The van der Waals surface area contributed by atoms with Gasteiger partial charge < -0.3 is 0 Å². The van der Waals surface area contributed by atoms with Crippen LogP contribution in [0.15, 0.2) is 23.0 Å². The van der Waals surface area contributed by atoms with Crippen LogP contribution in [0.3, 0.4) is 0 Å². The molecule has 0 aromatic carbocycles. The minimum absolute atomic E-state index is 0.517. The molecule has 0 aliphatic carbocycles. The van der Waals surface area contributed by atoms with Gasteiger partial charge in [-0.1, -0.05) is 113 Å². The Morgan fingerprint density at radius 3 is 1.43 bits per heavy atom. The molecule has 0 fully saturated rings. The van der Waals surface area contributed by atoms with Gasteiger partial charge in [0.05, 0.1) is 0 Å².